The summed E-state index contributed by atoms with van der Waals surface area (Å²) in [6.07, 6.45) is 1.83. The molecule has 0 unspecified atom stereocenters. The fraction of sp³-hybridized carbons (Fsp3) is 0.545. The summed E-state index contributed by atoms with van der Waals surface area (Å²) in [7, 11) is 0. The highest BCUT2D eigenvalue weighted by molar-refractivity contribution is 5.03. The Balaban J connectivity index is 2.35. The largest absolute Gasteiger partial charge is 0.308 e. The standard InChI is InChI=1S/C11H18N2/c1-9(2)10(3)13-8-11-6-4-5-7-12-11/h4-7,9-10,13H,8H2,1-3H3/t10-/m0/s1. The van der Waals surface area contributed by atoms with Crippen LogP contribution >= 0.6 is 0 Å². The average Bonchev–Trinajstić information content (AvgIpc) is 2.15. The van der Waals surface area contributed by atoms with Gasteiger partial charge in [0.15, 0.2) is 0 Å². The monoisotopic (exact) mass is 178 g/mol. The van der Waals surface area contributed by atoms with Crippen molar-refractivity contribution in [3.8, 4) is 0 Å². The molecule has 1 atom stereocenters. The number of nitrogens with one attached hydrogen (secondary N) is 1. The Morgan fingerprint density at radius 1 is 1.31 bits per heavy atom. The maximum Gasteiger partial charge on any atom is 0.0541 e. The first-order valence-electron chi connectivity index (χ1n) is 4.83. The van der Waals surface area contributed by atoms with Gasteiger partial charge in [0, 0.05) is 18.8 Å². The van der Waals surface area contributed by atoms with Crippen molar-refractivity contribution in [2.45, 2.75) is 33.4 Å². The zero-order chi connectivity index (χ0) is 9.68. The van der Waals surface area contributed by atoms with E-state index in [0.717, 1.165) is 12.2 Å². The molecule has 72 valence electrons. The summed E-state index contributed by atoms with van der Waals surface area (Å²) in [6, 6.07) is 6.54. The molecule has 0 spiro atoms. The maximum absolute atomic E-state index is 4.25. The maximum atomic E-state index is 4.25. The molecule has 0 aliphatic carbocycles. The lowest BCUT2D eigenvalue weighted by Crippen LogP contribution is -2.30. The van der Waals surface area contributed by atoms with E-state index in [1.54, 1.807) is 0 Å². The van der Waals surface area contributed by atoms with Crippen LogP contribution in [0.1, 0.15) is 26.5 Å². The molecular formula is C11H18N2. The van der Waals surface area contributed by atoms with Crippen molar-refractivity contribution >= 4 is 0 Å². The molecule has 1 aromatic heterocycles. The molecule has 1 rings (SSSR count). The minimum Gasteiger partial charge on any atom is -0.308 e. The fourth-order valence-corrected chi connectivity index (χ4v) is 1.00. The van der Waals surface area contributed by atoms with Crippen LogP contribution in [0, 0.1) is 5.92 Å². The summed E-state index contributed by atoms with van der Waals surface area (Å²) in [5.74, 6) is 0.670. The van der Waals surface area contributed by atoms with Crippen LogP contribution in [0.25, 0.3) is 0 Å². The van der Waals surface area contributed by atoms with Gasteiger partial charge in [-0.25, -0.2) is 0 Å². The number of rotatable bonds is 4. The van der Waals surface area contributed by atoms with Crippen LogP contribution in [0.5, 0.6) is 0 Å². The van der Waals surface area contributed by atoms with Gasteiger partial charge in [0.1, 0.15) is 0 Å². The summed E-state index contributed by atoms with van der Waals surface area (Å²) in [5.41, 5.74) is 1.11. The van der Waals surface area contributed by atoms with E-state index in [2.05, 4.69) is 31.1 Å². The van der Waals surface area contributed by atoms with E-state index < -0.39 is 0 Å². The van der Waals surface area contributed by atoms with Crippen molar-refractivity contribution < 1.29 is 0 Å². The van der Waals surface area contributed by atoms with Crippen molar-refractivity contribution in [2.75, 3.05) is 0 Å². The Kier molecular flexibility index (Phi) is 3.90. The van der Waals surface area contributed by atoms with E-state index in [-0.39, 0.29) is 0 Å². The van der Waals surface area contributed by atoms with E-state index in [1.165, 1.54) is 0 Å². The predicted molar refractivity (Wildman–Crippen MR) is 55.4 cm³/mol. The van der Waals surface area contributed by atoms with E-state index in [9.17, 15) is 0 Å². The van der Waals surface area contributed by atoms with Gasteiger partial charge in [-0.15, -0.1) is 0 Å². The summed E-state index contributed by atoms with van der Waals surface area (Å²) >= 11 is 0. The molecule has 0 aromatic carbocycles. The molecule has 2 nitrogen and oxygen atoms in total. The average molecular weight is 178 g/mol. The molecule has 0 amide bonds. The molecule has 0 fully saturated rings. The minimum absolute atomic E-state index is 0.544. The van der Waals surface area contributed by atoms with Crippen molar-refractivity contribution in [1.82, 2.24) is 10.3 Å². The van der Waals surface area contributed by atoms with E-state index >= 15 is 0 Å². The molecule has 13 heavy (non-hydrogen) atoms. The number of pyridine rings is 1. The summed E-state index contributed by atoms with van der Waals surface area (Å²) in [6.45, 7) is 7.50. The van der Waals surface area contributed by atoms with E-state index in [1.807, 2.05) is 24.4 Å². The molecule has 0 saturated carbocycles. The first kappa shape index (κ1) is 10.2. The number of hydrogen-bond acceptors (Lipinski definition) is 2. The highest BCUT2D eigenvalue weighted by Crippen LogP contribution is 2.01. The predicted octanol–water partition coefficient (Wildman–Crippen LogP) is 2.22. The van der Waals surface area contributed by atoms with Crippen LogP contribution in [0.15, 0.2) is 24.4 Å². The molecule has 2 heteroatoms. The second-order valence-corrected chi connectivity index (χ2v) is 3.73. The van der Waals surface area contributed by atoms with Gasteiger partial charge in [-0.05, 0) is 25.0 Å². The topological polar surface area (TPSA) is 24.9 Å². The highest BCUT2D eigenvalue weighted by atomic mass is 14.9. The third kappa shape index (κ3) is 3.55. The summed E-state index contributed by atoms with van der Waals surface area (Å²) < 4.78 is 0. The SMILES string of the molecule is CC(C)[C@H](C)NCc1ccccn1. The molecule has 1 aromatic rings. The summed E-state index contributed by atoms with van der Waals surface area (Å²) in [4.78, 5) is 4.25. The van der Waals surface area contributed by atoms with Crippen LogP contribution in [-0.4, -0.2) is 11.0 Å². The van der Waals surface area contributed by atoms with Crippen molar-refractivity contribution in [2.24, 2.45) is 5.92 Å². The van der Waals surface area contributed by atoms with Gasteiger partial charge in [0.2, 0.25) is 0 Å². The van der Waals surface area contributed by atoms with Crippen LogP contribution in [0.3, 0.4) is 0 Å². The third-order valence-electron chi connectivity index (χ3n) is 2.33. The molecule has 0 aliphatic rings. The fourth-order valence-electron chi connectivity index (χ4n) is 1.00. The first-order chi connectivity index (χ1) is 6.20. The van der Waals surface area contributed by atoms with Gasteiger partial charge >= 0.3 is 0 Å². The number of nitrogens with zero attached hydrogens (tertiary/aromatic N) is 1. The lowest BCUT2D eigenvalue weighted by atomic mass is 10.1. The van der Waals surface area contributed by atoms with Crippen LogP contribution in [-0.2, 0) is 6.54 Å². The van der Waals surface area contributed by atoms with Crippen molar-refractivity contribution in [3.05, 3.63) is 30.1 Å². The molecule has 0 aliphatic heterocycles. The Hall–Kier alpha value is -0.890. The van der Waals surface area contributed by atoms with Gasteiger partial charge in [0.25, 0.3) is 0 Å². The van der Waals surface area contributed by atoms with Gasteiger partial charge < -0.3 is 5.32 Å². The molecule has 1 heterocycles. The first-order valence-corrected chi connectivity index (χ1v) is 4.83. The van der Waals surface area contributed by atoms with Gasteiger partial charge in [-0.3, -0.25) is 4.98 Å². The van der Waals surface area contributed by atoms with Gasteiger partial charge in [-0.1, -0.05) is 19.9 Å². The molecular weight excluding hydrogens is 160 g/mol. The Bertz CT molecular complexity index is 231. The van der Waals surface area contributed by atoms with Gasteiger partial charge in [0.05, 0.1) is 5.69 Å². The Morgan fingerprint density at radius 2 is 2.08 bits per heavy atom. The molecule has 0 bridgehead atoms. The second kappa shape index (κ2) is 4.97. The van der Waals surface area contributed by atoms with Crippen LogP contribution < -0.4 is 5.32 Å². The molecule has 0 radical (unpaired) electrons. The Labute approximate surface area is 80.4 Å². The number of aromatic nitrogens is 1. The lowest BCUT2D eigenvalue weighted by Gasteiger charge is -2.16. The summed E-state index contributed by atoms with van der Waals surface area (Å²) in [5, 5.41) is 3.44. The third-order valence-corrected chi connectivity index (χ3v) is 2.33. The van der Waals surface area contributed by atoms with Crippen LogP contribution in [0.4, 0.5) is 0 Å². The zero-order valence-corrected chi connectivity index (χ0v) is 8.62. The smallest absolute Gasteiger partial charge is 0.0541 e. The minimum atomic E-state index is 0.544. The Morgan fingerprint density at radius 3 is 2.62 bits per heavy atom. The molecule has 1 N–H and O–H groups in total. The number of hydrogen-bond donors (Lipinski definition) is 1. The molecule has 0 saturated heterocycles. The zero-order valence-electron chi connectivity index (χ0n) is 8.62. The van der Waals surface area contributed by atoms with E-state index in [0.29, 0.717) is 12.0 Å². The lowest BCUT2D eigenvalue weighted by molar-refractivity contribution is 0.424. The normalized spacial score (nSPS) is 13.2. The quantitative estimate of drug-likeness (QED) is 0.764. The van der Waals surface area contributed by atoms with Gasteiger partial charge in [-0.2, -0.15) is 0 Å². The van der Waals surface area contributed by atoms with E-state index in [4.69, 9.17) is 0 Å². The van der Waals surface area contributed by atoms with Crippen molar-refractivity contribution in [1.29, 1.82) is 0 Å². The highest BCUT2D eigenvalue weighted by Gasteiger charge is 2.05. The second-order valence-electron chi connectivity index (χ2n) is 3.73. The van der Waals surface area contributed by atoms with Crippen molar-refractivity contribution in [3.63, 3.8) is 0 Å². The van der Waals surface area contributed by atoms with Crippen LogP contribution in [0.2, 0.25) is 0 Å².